The van der Waals surface area contributed by atoms with Crippen LogP contribution in [0, 0.1) is 0 Å². The molecule has 7 nitrogen and oxygen atoms in total. The predicted molar refractivity (Wildman–Crippen MR) is 87.9 cm³/mol. The number of methoxy groups -OCH3 is 1. The number of nitrogens with one attached hydrogen (secondary N) is 3. The third-order valence-electron chi connectivity index (χ3n) is 3.51. The summed E-state index contributed by atoms with van der Waals surface area (Å²) in [4.78, 5) is 27.0. The third kappa shape index (κ3) is 3.00. The topological polar surface area (TPSA) is 103 Å². The van der Waals surface area contributed by atoms with Crippen LogP contribution in [0.3, 0.4) is 0 Å². The molecule has 0 aliphatic carbocycles. The van der Waals surface area contributed by atoms with Gasteiger partial charge in [0.2, 0.25) is 0 Å². The van der Waals surface area contributed by atoms with Crippen LogP contribution in [-0.4, -0.2) is 29.0 Å². The van der Waals surface area contributed by atoms with Gasteiger partial charge in [-0.1, -0.05) is 12.1 Å². The predicted octanol–water partition coefficient (Wildman–Crippen LogP) is 1.96. The number of hydrogen-bond acceptors (Lipinski definition) is 4. The number of hydrogen-bond donors (Lipinski definition) is 4. The van der Waals surface area contributed by atoms with Gasteiger partial charge in [0.05, 0.1) is 12.7 Å². The molecule has 3 aromatic rings. The van der Waals surface area contributed by atoms with Gasteiger partial charge in [-0.2, -0.15) is 0 Å². The quantitative estimate of drug-likeness (QED) is 0.553. The summed E-state index contributed by atoms with van der Waals surface area (Å²) in [5, 5.41) is 10.5. The van der Waals surface area contributed by atoms with E-state index in [9.17, 15) is 14.7 Å². The highest BCUT2D eigenvalue weighted by Crippen LogP contribution is 2.21. The zero-order valence-corrected chi connectivity index (χ0v) is 12.8. The van der Waals surface area contributed by atoms with E-state index in [0.717, 1.165) is 10.9 Å². The van der Waals surface area contributed by atoms with Crippen molar-refractivity contribution in [2.45, 2.75) is 0 Å². The number of carbonyl (C=O) groups excluding carboxylic acids is 2. The second-order valence-corrected chi connectivity index (χ2v) is 5.06. The van der Waals surface area contributed by atoms with Crippen LogP contribution in [0.2, 0.25) is 0 Å². The number of rotatable bonds is 3. The fraction of sp³-hybridized carbons (Fsp3) is 0.0588. The maximum atomic E-state index is 12.1. The van der Waals surface area contributed by atoms with E-state index in [4.69, 9.17) is 4.74 Å². The molecule has 2 aromatic carbocycles. The maximum Gasteiger partial charge on any atom is 0.286 e. The van der Waals surface area contributed by atoms with E-state index in [-0.39, 0.29) is 17.0 Å². The number of phenols is 1. The van der Waals surface area contributed by atoms with Crippen molar-refractivity contribution in [1.29, 1.82) is 0 Å². The van der Waals surface area contributed by atoms with Crippen LogP contribution >= 0.6 is 0 Å². The second-order valence-electron chi connectivity index (χ2n) is 5.06. The van der Waals surface area contributed by atoms with E-state index in [0.29, 0.717) is 5.75 Å². The van der Waals surface area contributed by atoms with Crippen LogP contribution in [0.25, 0.3) is 10.9 Å². The highest BCUT2D eigenvalue weighted by Gasteiger charge is 2.13. The average molecular weight is 325 g/mol. The molecule has 0 aliphatic rings. The Morgan fingerprint density at radius 2 is 1.79 bits per heavy atom. The van der Waals surface area contributed by atoms with Crippen molar-refractivity contribution < 1.29 is 19.4 Å². The molecule has 0 unspecified atom stereocenters. The standard InChI is InChI=1S/C17H15N3O4/c1-24-11-7-6-10-8-14(18-13(10)9-11)17(23)20-19-16(22)12-4-2-3-5-15(12)21/h2-9,18,21H,1H3,(H,19,22)(H,20,23). The molecule has 0 aliphatic heterocycles. The summed E-state index contributed by atoms with van der Waals surface area (Å²) in [6, 6.07) is 13.1. The number of aromatic nitrogens is 1. The fourth-order valence-corrected chi connectivity index (χ4v) is 2.27. The van der Waals surface area contributed by atoms with Gasteiger partial charge in [0.15, 0.2) is 0 Å². The molecular formula is C17H15N3O4. The zero-order valence-electron chi connectivity index (χ0n) is 12.8. The Morgan fingerprint density at radius 3 is 2.54 bits per heavy atom. The van der Waals surface area contributed by atoms with Crippen molar-refractivity contribution in [1.82, 2.24) is 15.8 Å². The zero-order chi connectivity index (χ0) is 17.1. The first-order valence-electron chi connectivity index (χ1n) is 7.14. The van der Waals surface area contributed by atoms with Crippen LogP contribution in [0.15, 0.2) is 48.5 Å². The molecule has 0 spiro atoms. The summed E-state index contributed by atoms with van der Waals surface area (Å²) in [7, 11) is 1.56. The van der Waals surface area contributed by atoms with Gasteiger partial charge in [0.1, 0.15) is 17.2 Å². The van der Waals surface area contributed by atoms with Gasteiger partial charge in [-0.25, -0.2) is 0 Å². The molecular weight excluding hydrogens is 310 g/mol. The molecule has 3 rings (SSSR count). The van der Waals surface area contributed by atoms with Crippen molar-refractivity contribution in [3.63, 3.8) is 0 Å². The van der Waals surface area contributed by atoms with Gasteiger partial charge in [0.25, 0.3) is 11.8 Å². The van der Waals surface area contributed by atoms with Crippen molar-refractivity contribution in [3.05, 3.63) is 59.8 Å². The fourth-order valence-electron chi connectivity index (χ4n) is 2.27. The summed E-state index contributed by atoms with van der Waals surface area (Å²) in [5.41, 5.74) is 5.66. The normalized spacial score (nSPS) is 10.4. The molecule has 0 atom stereocenters. The minimum Gasteiger partial charge on any atom is -0.507 e. The Bertz CT molecular complexity index is 917. The molecule has 1 aromatic heterocycles. The first-order chi connectivity index (χ1) is 11.6. The van der Waals surface area contributed by atoms with E-state index in [1.165, 1.54) is 12.1 Å². The summed E-state index contributed by atoms with van der Waals surface area (Å²) in [6.45, 7) is 0. The van der Waals surface area contributed by atoms with Gasteiger partial charge >= 0.3 is 0 Å². The lowest BCUT2D eigenvalue weighted by molar-refractivity contribution is 0.0843. The molecule has 0 saturated carbocycles. The van der Waals surface area contributed by atoms with Crippen molar-refractivity contribution >= 4 is 22.7 Å². The number of aromatic hydroxyl groups is 1. The molecule has 0 bridgehead atoms. The minimum atomic E-state index is -0.612. The molecule has 7 heteroatoms. The smallest absolute Gasteiger partial charge is 0.286 e. The van der Waals surface area contributed by atoms with Gasteiger partial charge in [-0.05, 0) is 30.3 Å². The van der Waals surface area contributed by atoms with Gasteiger partial charge in [0, 0.05) is 17.0 Å². The number of aromatic amines is 1. The van der Waals surface area contributed by atoms with Gasteiger partial charge < -0.3 is 14.8 Å². The lowest BCUT2D eigenvalue weighted by Gasteiger charge is -2.07. The molecule has 4 N–H and O–H groups in total. The molecule has 2 amide bonds. The third-order valence-corrected chi connectivity index (χ3v) is 3.51. The Morgan fingerprint density at radius 1 is 1.04 bits per heavy atom. The highest BCUT2D eigenvalue weighted by atomic mass is 16.5. The molecule has 1 heterocycles. The molecule has 0 saturated heterocycles. The molecule has 24 heavy (non-hydrogen) atoms. The molecule has 0 fully saturated rings. The van der Waals surface area contributed by atoms with E-state index < -0.39 is 11.8 Å². The van der Waals surface area contributed by atoms with Crippen LogP contribution in [-0.2, 0) is 0 Å². The number of amides is 2. The molecule has 0 radical (unpaired) electrons. The maximum absolute atomic E-state index is 12.1. The number of fused-ring (bicyclic) bond motifs is 1. The Balaban J connectivity index is 1.71. The van der Waals surface area contributed by atoms with Crippen molar-refractivity contribution in [3.8, 4) is 11.5 Å². The summed E-state index contributed by atoms with van der Waals surface area (Å²) >= 11 is 0. The highest BCUT2D eigenvalue weighted by molar-refractivity contribution is 6.01. The number of ether oxygens (including phenoxy) is 1. The largest absolute Gasteiger partial charge is 0.507 e. The number of para-hydroxylation sites is 1. The molecule has 122 valence electrons. The SMILES string of the molecule is COc1ccc2cc(C(=O)NNC(=O)c3ccccc3O)[nH]c2c1. The second kappa shape index (κ2) is 6.33. The van der Waals surface area contributed by atoms with E-state index in [1.807, 2.05) is 6.07 Å². The van der Waals surface area contributed by atoms with Crippen molar-refractivity contribution in [2.75, 3.05) is 7.11 Å². The number of phenolic OH excluding ortho intramolecular Hbond substituents is 1. The number of hydrazine groups is 1. The average Bonchev–Trinajstić information content (AvgIpc) is 3.02. The Hall–Kier alpha value is -3.48. The lowest BCUT2D eigenvalue weighted by Crippen LogP contribution is -2.41. The first-order valence-corrected chi connectivity index (χ1v) is 7.14. The number of benzene rings is 2. The Kier molecular flexibility index (Phi) is 4.07. The van der Waals surface area contributed by atoms with E-state index in [1.54, 1.807) is 37.4 Å². The van der Waals surface area contributed by atoms with E-state index in [2.05, 4.69) is 15.8 Å². The Labute approximate surface area is 137 Å². The van der Waals surface area contributed by atoms with Gasteiger partial charge in [-0.3, -0.25) is 20.4 Å². The summed E-state index contributed by atoms with van der Waals surface area (Å²) in [5.74, 6) is -0.612. The minimum absolute atomic E-state index is 0.0687. The lowest BCUT2D eigenvalue weighted by atomic mass is 10.2. The van der Waals surface area contributed by atoms with Crippen LogP contribution in [0.1, 0.15) is 20.8 Å². The first kappa shape index (κ1) is 15.4. The van der Waals surface area contributed by atoms with Gasteiger partial charge in [-0.15, -0.1) is 0 Å². The van der Waals surface area contributed by atoms with E-state index >= 15 is 0 Å². The van der Waals surface area contributed by atoms with Crippen molar-refractivity contribution in [2.24, 2.45) is 0 Å². The monoisotopic (exact) mass is 325 g/mol. The van der Waals surface area contributed by atoms with Crippen LogP contribution < -0.4 is 15.6 Å². The van der Waals surface area contributed by atoms with Crippen LogP contribution in [0.4, 0.5) is 0 Å². The number of carbonyl (C=O) groups is 2. The van der Waals surface area contributed by atoms with Crippen LogP contribution in [0.5, 0.6) is 11.5 Å². The summed E-state index contributed by atoms with van der Waals surface area (Å²) < 4.78 is 5.13. The number of H-pyrrole nitrogens is 1. The summed E-state index contributed by atoms with van der Waals surface area (Å²) in [6.07, 6.45) is 0.